The van der Waals surface area contributed by atoms with Gasteiger partial charge in [0.25, 0.3) is 15.9 Å². The van der Waals surface area contributed by atoms with Gasteiger partial charge in [-0.15, -0.1) is 0 Å². The van der Waals surface area contributed by atoms with E-state index in [-0.39, 0.29) is 22.7 Å². The minimum absolute atomic E-state index is 0.172. The lowest BCUT2D eigenvalue weighted by molar-refractivity contribution is 0.0948. The third kappa shape index (κ3) is 4.50. The molecule has 6 nitrogen and oxygen atoms in total. The third-order valence-corrected chi connectivity index (χ3v) is 4.99. The van der Waals surface area contributed by atoms with Crippen LogP contribution in [-0.2, 0) is 16.6 Å². The minimum Gasteiger partial charge on any atom is -0.467 e. The van der Waals surface area contributed by atoms with Crippen molar-refractivity contribution in [2.45, 2.75) is 11.4 Å². The number of sulfonamides is 1. The van der Waals surface area contributed by atoms with Crippen molar-refractivity contribution in [3.05, 3.63) is 83.8 Å². The molecule has 140 valence electrons. The second-order valence-corrected chi connectivity index (χ2v) is 7.20. The van der Waals surface area contributed by atoms with Crippen LogP contribution in [0.5, 0.6) is 0 Å². The lowest BCUT2D eigenvalue weighted by Gasteiger charge is -2.10. The van der Waals surface area contributed by atoms with Crippen LogP contribution in [0.25, 0.3) is 0 Å². The highest BCUT2D eigenvalue weighted by molar-refractivity contribution is 7.92. The largest absolute Gasteiger partial charge is 0.467 e. The van der Waals surface area contributed by atoms with Gasteiger partial charge in [0, 0.05) is 11.6 Å². The van der Waals surface area contributed by atoms with E-state index in [9.17, 15) is 22.0 Å². The molecule has 27 heavy (non-hydrogen) atoms. The molecule has 0 radical (unpaired) electrons. The SMILES string of the molecule is O=C(NCc1ccco1)c1ccc(S(=O)(=O)Nc2ccc(F)cc2F)cc1. The number of hydrogen-bond acceptors (Lipinski definition) is 4. The number of carbonyl (C=O) groups is 1. The van der Waals surface area contributed by atoms with Crippen LogP contribution in [0.4, 0.5) is 14.5 Å². The van der Waals surface area contributed by atoms with E-state index in [0.717, 1.165) is 12.1 Å². The van der Waals surface area contributed by atoms with Crippen LogP contribution in [0.15, 0.2) is 70.2 Å². The summed E-state index contributed by atoms with van der Waals surface area (Å²) in [4.78, 5) is 11.9. The molecule has 0 fully saturated rings. The van der Waals surface area contributed by atoms with Gasteiger partial charge in [0.05, 0.1) is 23.4 Å². The topological polar surface area (TPSA) is 88.4 Å². The molecular formula is C18H14F2N2O4S. The van der Waals surface area contributed by atoms with Crippen LogP contribution < -0.4 is 10.0 Å². The zero-order valence-electron chi connectivity index (χ0n) is 13.8. The predicted octanol–water partition coefficient (Wildman–Crippen LogP) is 3.29. The highest BCUT2D eigenvalue weighted by Gasteiger charge is 2.17. The van der Waals surface area contributed by atoms with Crippen molar-refractivity contribution in [2.24, 2.45) is 0 Å². The average Bonchev–Trinajstić information content (AvgIpc) is 3.16. The van der Waals surface area contributed by atoms with E-state index >= 15 is 0 Å². The Balaban J connectivity index is 1.70. The van der Waals surface area contributed by atoms with Gasteiger partial charge in [-0.25, -0.2) is 17.2 Å². The summed E-state index contributed by atoms with van der Waals surface area (Å²) in [6.07, 6.45) is 1.48. The van der Waals surface area contributed by atoms with Gasteiger partial charge in [-0.3, -0.25) is 9.52 Å². The van der Waals surface area contributed by atoms with E-state index < -0.39 is 27.6 Å². The molecule has 2 aromatic carbocycles. The van der Waals surface area contributed by atoms with Crippen molar-refractivity contribution >= 4 is 21.6 Å². The zero-order chi connectivity index (χ0) is 19.4. The number of nitrogens with one attached hydrogen (secondary N) is 2. The van der Waals surface area contributed by atoms with Crippen LogP contribution in [0.1, 0.15) is 16.1 Å². The highest BCUT2D eigenvalue weighted by Crippen LogP contribution is 2.20. The molecule has 0 unspecified atom stereocenters. The number of furan rings is 1. The van der Waals surface area contributed by atoms with Crippen molar-refractivity contribution in [2.75, 3.05) is 4.72 Å². The fourth-order valence-electron chi connectivity index (χ4n) is 2.24. The summed E-state index contributed by atoms with van der Waals surface area (Å²) in [5, 5.41) is 2.63. The van der Waals surface area contributed by atoms with E-state index in [1.54, 1.807) is 12.1 Å². The molecule has 0 saturated heterocycles. The maximum Gasteiger partial charge on any atom is 0.261 e. The Bertz CT molecular complexity index is 1050. The predicted molar refractivity (Wildman–Crippen MR) is 93.5 cm³/mol. The third-order valence-electron chi connectivity index (χ3n) is 3.61. The number of halogens is 2. The summed E-state index contributed by atoms with van der Waals surface area (Å²) in [6, 6.07) is 11.0. The van der Waals surface area contributed by atoms with E-state index in [0.29, 0.717) is 11.8 Å². The summed E-state index contributed by atoms with van der Waals surface area (Å²) in [7, 11) is -4.10. The van der Waals surface area contributed by atoms with Crippen molar-refractivity contribution in [1.82, 2.24) is 5.32 Å². The van der Waals surface area contributed by atoms with Crippen molar-refractivity contribution < 1.29 is 26.4 Å². The van der Waals surface area contributed by atoms with E-state index in [1.807, 2.05) is 4.72 Å². The second kappa shape index (κ2) is 7.58. The zero-order valence-corrected chi connectivity index (χ0v) is 14.6. The van der Waals surface area contributed by atoms with Gasteiger partial charge >= 0.3 is 0 Å². The molecule has 0 spiro atoms. The Morgan fingerprint density at radius 1 is 1.04 bits per heavy atom. The van der Waals surface area contributed by atoms with E-state index in [4.69, 9.17) is 4.42 Å². The minimum atomic E-state index is -4.10. The van der Waals surface area contributed by atoms with Gasteiger partial charge in [0.15, 0.2) is 0 Å². The number of amides is 1. The van der Waals surface area contributed by atoms with Gasteiger partial charge in [-0.2, -0.15) is 0 Å². The summed E-state index contributed by atoms with van der Waals surface area (Å²) in [5.41, 5.74) is -0.134. The molecule has 2 N–H and O–H groups in total. The lowest BCUT2D eigenvalue weighted by atomic mass is 10.2. The molecule has 1 amide bonds. The molecule has 0 atom stereocenters. The second-order valence-electron chi connectivity index (χ2n) is 5.52. The van der Waals surface area contributed by atoms with Crippen molar-refractivity contribution in [1.29, 1.82) is 0 Å². The fraction of sp³-hybridized carbons (Fsp3) is 0.0556. The van der Waals surface area contributed by atoms with Crippen LogP contribution in [0, 0.1) is 11.6 Å². The molecule has 3 aromatic rings. The average molecular weight is 392 g/mol. The standard InChI is InChI=1S/C18H14F2N2O4S/c19-13-5-8-17(16(20)10-13)22-27(24,25)15-6-3-12(4-7-15)18(23)21-11-14-2-1-9-26-14/h1-10,22H,11H2,(H,21,23). The van der Waals surface area contributed by atoms with E-state index in [2.05, 4.69) is 5.32 Å². The van der Waals surface area contributed by atoms with Crippen LogP contribution in [-0.4, -0.2) is 14.3 Å². The molecule has 0 bridgehead atoms. The number of rotatable bonds is 6. The quantitative estimate of drug-likeness (QED) is 0.674. The summed E-state index contributed by atoms with van der Waals surface area (Å²) in [5.74, 6) is -1.69. The molecule has 0 aliphatic rings. The molecule has 0 aliphatic carbocycles. The van der Waals surface area contributed by atoms with Gasteiger partial charge in [0.1, 0.15) is 17.4 Å². The molecule has 0 saturated carbocycles. The Morgan fingerprint density at radius 3 is 2.41 bits per heavy atom. The lowest BCUT2D eigenvalue weighted by Crippen LogP contribution is -2.22. The van der Waals surface area contributed by atoms with Crippen molar-refractivity contribution in [3.8, 4) is 0 Å². The first-order valence-electron chi connectivity index (χ1n) is 7.74. The summed E-state index contributed by atoms with van der Waals surface area (Å²) < 4.78 is 58.3. The number of hydrogen-bond donors (Lipinski definition) is 2. The summed E-state index contributed by atoms with van der Waals surface area (Å²) >= 11 is 0. The highest BCUT2D eigenvalue weighted by atomic mass is 32.2. The van der Waals surface area contributed by atoms with Gasteiger partial charge in [0.2, 0.25) is 0 Å². The first-order valence-corrected chi connectivity index (χ1v) is 9.22. The first-order chi connectivity index (χ1) is 12.8. The van der Waals surface area contributed by atoms with Gasteiger partial charge in [-0.1, -0.05) is 0 Å². The normalized spacial score (nSPS) is 11.2. The molecule has 9 heteroatoms. The Kier molecular flexibility index (Phi) is 5.22. The maximum atomic E-state index is 13.6. The molecule has 3 rings (SSSR count). The fourth-order valence-corrected chi connectivity index (χ4v) is 3.31. The number of anilines is 1. The molecule has 1 heterocycles. The van der Waals surface area contributed by atoms with Gasteiger partial charge < -0.3 is 9.73 Å². The Labute approximate surface area is 153 Å². The monoisotopic (exact) mass is 392 g/mol. The number of benzene rings is 2. The van der Waals surface area contributed by atoms with E-state index in [1.165, 1.54) is 30.5 Å². The molecule has 0 aliphatic heterocycles. The Hall–Kier alpha value is -3.20. The number of carbonyl (C=O) groups excluding carboxylic acids is 1. The Morgan fingerprint density at radius 2 is 1.78 bits per heavy atom. The smallest absolute Gasteiger partial charge is 0.261 e. The first kappa shape index (κ1) is 18.6. The van der Waals surface area contributed by atoms with Crippen LogP contribution in [0.3, 0.4) is 0 Å². The maximum absolute atomic E-state index is 13.6. The molecular weight excluding hydrogens is 378 g/mol. The summed E-state index contributed by atoms with van der Waals surface area (Å²) in [6.45, 7) is 0.192. The van der Waals surface area contributed by atoms with Crippen LogP contribution in [0.2, 0.25) is 0 Å². The van der Waals surface area contributed by atoms with Crippen LogP contribution >= 0.6 is 0 Å². The molecule has 1 aromatic heterocycles. The van der Waals surface area contributed by atoms with Crippen molar-refractivity contribution in [3.63, 3.8) is 0 Å². The van der Waals surface area contributed by atoms with Gasteiger partial charge in [-0.05, 0) is 48.5 Å².